The van der Waals surface area contributed by atoms with Gasteiger partial charge in [0.05, 0.1) is 17.1 Å². The Bertz CT molecular complexity index is 1390. The van der Waals surface area contributed by atoms with Crippen LogP contribution in [0.15, 0.2) is 70.0 Å². The monoisotopic (exact) mass is 594 g/mol. The first kappa shape index (κ1) is 27.5. The molecule has 0 saturated carbocycles. The molecule has 3 amide bonds. The van der Waals surface area contributed by atoms with Crippen LogP contribution in [0.3, 0.4) is 0 Å². The summed E-state index contributed by atoms with van der Waals surface area (Å²) < 4.78 is 12.1. The summed E-state index contributed by atoms with van der Waals surface area (Å²) in [6.07, 6.45) is 1.67. The maximum Gasteiger partial charge on any atom is 0.293 e. The molecule has 0 aliphatic carbocycles. The third-order valence-corrected chi connectivity index (χ3v) is 7.45. The van der Waals surface area contributed by atoms with Crippen LogP contribution < -0.4 is 14.8 Å². The molecule has 1 fully saturated rings. The van der Waals surface area contributed by atoms with Gasteiger partial charge in [0.15, 0.2) is 6.61 Å². The predicted octanol–water partition coefficient (Wildman–Crippen LogP) is 6.51. The largest absolute Gasteiger partial charge is 0.492 e. The first-order chi connectivity index (χ1) is 18.2. The molecule has 9 heteroatoms. The summed E-state index contributed by atoms with van der Waals surface area (Å²) in [5.41, 5.74) is 4.76. The van der Waals surface area contributed by atoms with Crippen molar-refractivity contribution in [1.82, 2.24) is 4.90 Å². The Morgan fingerprint density at radius 1 is 0.947 bits per heavy atom. The maximum atomic E-state index is 12.8. The summed E-state index contributed by atoms with van der Waals surface area (Å²) in [5, 5.41) is 2.52. The number of thioether (sulfide) groups is 1. The molecule has 7 nitrogen and oxygen atoms in total. The van der Waals surface area contributed by atoms with Crippen LogP contribution in [0.2, 0.25) is 0 Å². The number of aryl methyl sites for hydroxylation is 3. The lowest BCUT2D eigenvalue weighted by atomic mass is 10.1. The van der Waals surface area contributed by atoms with E-state index >= 15 is 0 Å². The van der Waals surface area contributed by atoms with Gasteiger partial charge in [-0.3, -0.25) is 19.3 Å². The molecule has 0 atom stereocenters. The Morgan fingerprint density at radius 3 is 2.29 bits per heavy atom. The lowest BCUT2D eigenvalue weighted by Crippen LogP contribution is -2.32. The molecule has 3 aromatic rings. The third kappa shape index (κ3) is 7.05. The fourth-order valence-electron chi connectivity index (χ4n) is 3.61. The van der Waals surface area contributed by atoms with E-state index in [4.69, 9.17) is 9.47 Å². The number of hydrogen-bond donors (Lipinski definition) is 1. The number of imide groups is 1. The first-order valence-electron chi connectivity index (χ1n) is 11.9. The maximum absolute atomic E-state index is 12.8. The third-order valence-electron chi connectivity index (χ3n) is 5.88. The normalized spacial score (nSPS) is 14.2. The smallest absolute Gasteiger partial charge is 0.293 e. The van der Waals surface area contributed by atoms with Crippen molar-refractivity contribution in [3.8, 4) is 11.5 Å². The van der Waals surface area contributed by atoms with Crippen molar-refractivity contribution in [1.29, 1.82) is 0 Å². The highest BCUT2D eigenvalue weighted by Gasteiger charge is 2.34. The van der Waals surface area contributed by atoms with Crippen LogP contribution in [0.4, 0.5) is 10.5 Å². The van der Waals surface area contributed by atoms with E-state index in [2.05, 4.69) is 21.2 Å². The molecule has 1 saturated heterocycles. The number of hydrogen-bond acceptors (Lipinski definition) is 6. The molecule has 1 aliphatic rings. The van der Waals surface area contributed by atoms with Gasteiger partial charge in [0.1, 0.15) is 18.1 Å². The Labute approximate surface area is 234 Å². The van der Waals surface area contributed by atoms with Gasteiger partial charge in [0.2, 0.25) is 0 Å². The minimum absolute atomic E-state index is 0.151. The molecule has 1 aliphatic heterocycles. The van der Waals surface area contributed by atoms with E-state index in [1.165, 1.54) is 4.90 Å². The highest BCUT2D eigenvalue weighted by molar-refractivity contribution is 9.10. The van der Waals surface area contributed by atoms with E-state index in [-0.39, 0.29) is 36.8 Å². The standard InChI is InChI=1S/C29H27BrN2O5S/c1-18-4-8-22(9-5-18)36-13-12-32-28(34)26(38-29(32)35)16-21-6-10-23(11-7-21)37-17-27(33)31-25-15-20(3)19(2)14-24(25)30/h4-11,14-16H,12-13,17H2,1-3H3,(H,31,33)/b26-16-. The summed E-state index contributed by atoms with van der Waals surface area (Å²) in [6, 6.07) is 18.4. The highest BCUT2D eigenvalue weighted by Crippen LogP contribution is 2.32. The molecule has 196 valence electrons. The van der Waals surface area contributed by atoms with Crippen molar-refractivity contribution < 1.29 is 23.9 Å². The number of benzene rings is 3. The number of carbonyl (C=O) groups excluding carboxylic acids is 3. The van der Waals surface area contributed by atoms with Gasteiger partial charge in [0.25, 0.3) is 17.1 Å². The van der Waals surface area contributed by atoms with E-state index in [1.807, 2.05) is 57.2 Å². The zero-order valence-electron chi connectivity index (χ0n) is 21.2. The minimum Gasteiger partial charge on any atom is -0.492 e. The minimum atomic E-state index is -0.345. The van der Waals surface area contributed by atoms with Crippen molar-refractivity contribution in [2.24, 2.45) is 0 Å². The predicted molar refractivity (Wildman–Crippen MR) is 154 cm³/mol. The molecule has 3 aromatic carbocycles. The van der Waals surface area contributed by atoms with Gasteiger partial charge < -0.3 is 14.8 Å². The molecule has 4 rings (SSSR count). The fourth-order valence-corrected chi connectivity index (χ4v) is 5.03. The van der Waals surface area contributed by atoms with Gasteiger partial charge in [-0.05, 0) is 108 Å². The molecule has 0 aromatic heterocycles. The number of nitrogens with one attached hydrogen (secondary N) is 1. The van der Waals surface area contributed by atoms with Crippen LogP contribution in [-0.4, -0.2) is 41.7 Å². The Hall–Kier alpha value is -3.56. The summed E-state index contributed by atoms with van der Waals surface area (Å²) >= 11 is 4.37. The Morgan fingerprint density at radius 2 is 1.58 bits per heavy atom. The van der Waals surface area contributed by atoms with Crippen LogP contribution in [-0.2, 0) is 9.59 Å². The van der Waals surface area contributed by atoms with E-state index in [0.717, 1.165) is 38.5 Å². The lowest BCUT2D eigenvalue weighted by Gasteiger charge is -2.13. The summed E-state index contributed by atoms with van der Waals surface area (Å²) in [5.74, 6) is 0.578. The molecule has 1 heterocycles. The van der Waals surface area contributed by atoms with Gasteiger partial charge >= 0.3 is 0 Å². The number of amides is 3. The molecule has 1 N–H and O–H groups in total. The number of anilines is 1. The van der Waals surface area contributed by atoms with Crippen molar-refractivity contribution in [2.45, 2.75) is 20.8 Å². The van der Waals surface area contributed by atoms with E-state index in [9.17, 15) is 14.4 Å². The molecule has 0 radical (unpaired) electrons. The number of rotatable bonds is 9. The van der Waals surface area contributed by atoms with Crippen molar-refractivity contribution in [3.05, 3.63) is 92.3 Å². The quantitative estimate of drug-likeness (QED) is 0.284. The van der Waals surface area contributed by atoms with Gasteiger partial charge in [0, 0.05) is 4.47 Å². The topological polar surface area (TPSA) is 84.9 Å². The zero-order chi connectivity index (χ0) is 27.2. The fraction of sp³-hybridized carbons (Fsp3) is 0.207. The molecule has 0 spiro atoms. The first-order valence-corrected chi connectivity index (χ1v) is 13.5. The van der Waals surface area contributed by atoms with Gasteiger partial charge in [-0.2, -0.15) is 0 Å². The summed E-state index contributed by atoms with van der Waals surface area (Å²) in [6.45, 7) is 6.21. The van der Waals surface area contributed by atoms with Gasteiger partial charge in [-0.1, -0.05) is 29.8 Å². The molecule has 0 unspecified atom stereocenters. The molecular formula is C29H27BrN2O5S. The van der Waals surface area contributed by atoms with Crippen LogP contribution in [0.5, 0.6) is 11.5 Å². The Balaban J connectivity index is 1.28. The second kappa shape index (κ2) is 12.3. The molecule has 38 heavy (non-hydrogen) atoms. The van der Waals surface area contributed by atoms with Crippen molar-refractivity contribution in [3.63, 3.8) is 0 Å². The number of ether oxygens (including phenoxy) is 2. The number of carbonyl (C=O) groups is 3. The number of halogens is 1. The highest BCUT2D eigenvalue weighted by atomic mass is 79.9. The van der Waals surface area contributed by atoms with Gasteiger partial charge in [-0.15, -0.1) is 0 Å². The second-order valence-corrected chi connectivity index (χ2v) is 10.7. The lowest BCUT2D eigenvalue weighted by molar-refractivity contribution is -0.123. The zero-order valence-corrected chi connectivity index (χ0v) is 23.6. The number of nitrogens with zero attached hydrogens (tertiary/aromatic N) is 1. The van der Waals surface area contributed by atoms with E-state index in [0.29, 0.717) is 22.1 Å². The average Bonchev–Trinajstić information content (AvgIpc) is 3.15. The molecule has 0 bridgehead atoms. The van der Waals surface area contributed by atoms with Crippen LogP contribution in [0.25, 0.3) is 6.08 Å². The summed E-state index contributed by atoms with van der Waals surface area (Å²) in [4.78, 5) is 39.0. The Kier molecular flexibility index (Phi) is 8.91. The van der Waals surface area contributed by atoms with E-state index in [1.54, 1.807) is 30.3 Å². The van der Waals surface area contributed by atoms with Crippen LogP contribution >= 0.6 is 27.7 Å². The van der Waals surface area contributed by atoms with Gasteiger partial charge in [-0.25, -0.2) is 0 Å². The second-order valence-electron chi connectivity index (χ2n) is 8.82. The van der Waals surface area contributed by atoms with Crippen molar-refractivity contribution in [2.75, 3.05) is 25.1 Å². The SMILES string of the molecule is Cc1ccc(OCCN2C(=O)S/C(=C\c3ccc(OCC(=O)Nc4cc(C)c(C)cc4Br)cc3)C2=O)cc1. The average molecular weight is 596 g/mol. The van der Waals surface area contributed by atoms with Crippen LogP contribution in [0, 0.1) is 20.8 Å². The van der Waals surface area contributed by atoms with Crippen LogP contribution in [0.1, 0.15) is 22.3 Å². The van der Waals surface area contributed by atoms with E-state index < -0.39 is 0 Å². The molecular weight excluding hydrogens is 568 g/mol. The summed E-state index contributed by atoms with van der Waals surface area (Å²) in [7, 11) is 0. The van der Waals surface area contributed by atoms with Crippen molar-refractivity contribution >= 4 is 56.5 Å².